The van der Waals surface area contributed by atoms with Crippen LogP contribution in [0.25, 0.3) is 11.2 Å². The summed E-state index contributed by atoms with van der Waals surface area (Å²) >= 11 is 0. The molecule has 4 rings (SSSR count). The lowest BCUT2D eigenvalue weighted by molar-refractivity contribution is 0.115. The van der Waals surface area contributed by atoms with Crippen LogP contribution in [0.3, 0.4) is 0 Å². The number of hydrogen-bond donors (Lipinski definition) is 0. The van der Waals surface area contributed by atoms with Crippen molar-refractivity contribution >= 4 is 17.0 Å². The van der Waals surface area contributed by atoms with E-state index in [2.05, 4.69) is 19.9 Å². The number of pyridine rings is 1. The Bertz CT molecular complexity index is 769. The molecule has 6 nitrogen and oxygen atoms in total. The second-order valence-electron chi connectivity index (χ2n) is 5.66. The summed E-state index contributed by atoms with van der Waals surface area (Å²) in [7, 11) is 0. The molecular formula is C17H18N4O2. The molecule has 1 fully saturated rings. The van der Waals surface area contributed by atoms with Crippen molar-refractivity contribution in [3.63, 3.8) is 0 Å². The third-order valence-corrected chi connectivity index (χ3v) is 4.02. The summed E-state index contributed by atoms with van der Waals surface area (Å²) in [4.78, 5) is 15.4. The first-order valence-corrected chi connectivity index (χ1v) is 7.85. The van der Waals surface area contributed by atoms with E-state index in [4.69, 9.17) is 9.15 Å². The Balaban J connectivity index is 1.63. The van der Waals surface area contributed by atoms with Gasteiger partial charge < -0.3 is 14.1 Å². The molecule has 0 aliphatic carbocycles. The van der Waals surface area contributed by atoms with Gasteiger partial charge in [-0.1, -0.05) is 0 Å². The van der Waals surface area contributed by atoms with Crippen LogP contribution < -0.4 is 4.90 Å². The fraction of sp³-hybridized carbons (Fsp3) is 0.353. The van der Waals surface area contributed by atoms with Crippen LogP contribution in [0.2, 0.25) is 0 Å². The molecule has 0 spiro atoms. The maximum absolute atomic E-state index is 5.78. The Morgan fingerprint density at radius 3 is 2.96 bits per heavy atom. The molecule has 3 aromatic heterocycles. The van der Waals surface area contributed by atoms with Crippen molar-refractivity contribution in [2.45, 2.75) is 25.5 Å². The molecule has 0 bridgehead atoms. The highest BCUT2D eigenvalue weighted by Gasteiger charge is 2.21. The fourth-order valence-corrected chi connectivity index (χ4v) is 2.88. The van der Waals surface area contributed by atoms with Crippen molar-refractivity contribution in [2.75, 3.05) is 18.1 Å². The number of aromatic nitrogens is 3. The van der Waals surface area contributed by atoms with Crippen LogP contribution >= 0.6 is 0 Å². The molecule has 6 heteroatoms. The molecule has 1 saturated heterocycles. The number of rotatable bonds is 5. The summed E-state index contributed by atoms with van der Waals surface area (Å²) in [6, 6.07) is 7.81. The monoisotopic (exact) mass is 310 g/mol. The minimum Gasteiger partial charge on any atom is -0.467 e. The third-order valence-electron chi connectivity index (χ3n) is 4.02. The topological polar surface area (TPSA) is 64.3 Å². The normalized spacial score (nSPS) is 17.7. The van der Waals surface area contributed by atoms with Crippen LogP contribution in [0.15, 0.2) is 47.3 Å². The standard InChI is InChI=1S/C17H18N4O2/c1-3-13(22-9-1)11-21(12-14-4-2-10-23-14)16-6-5-15-17(20-16)19-8-7-18-15/h1,3,5-9,14H,2,4,10-12H2/t14-/m1/s1. The smallest absolute Gasteiger partial charge is 0.180 e. The van der Waals surface area contributed by atoms with Crippen molar-refractivity contribution in [1.82, 2.24) is 15.0 Å². The zero-order chi connectivity index (χ0) is 15.5. The molecule has 0 amide bonds. The lowest BCUT2D eigenvalue weighted by Gasteiger charge is -2.25. The van der Waals surface area contributed by atoms with Crippen LogP contribution in [0, 0.1) is 0 Å². The maximum Gasteiger partial charge on any atom is 0.180 e. The van der Waals surface area contributed by atoms with Crippen LogP contribution in [0.1, 0.15) is 18.6 Å². The Labute approximate surface area is 134 Å². The summed E-state index contributed by atoms with van der Waals surface area (Å²) in [6.45, 7) is 2.29. The highest BCUT2D eigenvalue weighted by Crippen LogP contribution is 2.21. The number of anilines is 1. The molecule has 1 aliphatic rings. The number of fused-ring (bicyclic) bond motifs is 1. The van der Waals surface area contributed by atoms with Crippen LogP contribution in [-0.2, 0) is 11.3 Å². The molecule has 4 heterocycles. The Kier molecular flexibility index (Phi) is 3.90. The van der Waals surface area contributed by atoms with E-state index < -0.39 is 0 Å². The molecule has 0 N–H and O–H groups in total. The van der Waals surface area contributed by atoms with E-state index in [0.717, 1.165) is 43.1 Å². The zero-order valence-electron chi connectivity index (χ0n) is 12.8. The lowest BCUT2D eigenvalue weighted by atomic mass is 10.2. The summed E-state index contributed by atoms with van der Waals surface area (Å²) in [5.41, 5.74) is 1.45. The van der Waals surface area contributed by atoms with E-state index in [9.17, 15) is 0 Å². The van der Waals surface area contributed by atoms with Crippen molar-refractivity contribution in [2.24, 2.45) is 0 Å². The van der Waals surface area contributed by atoms with Gasteiger partial charge in [0.05, 0.1) is 18.9 Å². The Morgan fingerprint density at radius 2 is 2.13 bits per heavy atom. The predicted octanol–water partition coefficient (Wildman–Crippen LogP) is 2.80. The second kappa shape index (κ2) is 6.34. The number of ether oxygens (including phenoxy) is 1. The average molecular weight is 310 g/mol. The molecule has 0 unspecified atom stereocenters. The van der Waals surface area contributed by atoms with Gasteiger partial charge >= 0.3 is 0 Å². The molecule has 1 aliphatic heterocycles. The SMILES string of the molecule is c1coc(CN(C[C@H]2CCCO2)c2ccc3nccnc3n2)c1. The molecule has 0 saturated carbocycles. The van der Waals surface area contributed by atoms with E-state index in [-0.39, 0.29) is 6.10 Å². The van der Waals surface area contributed by atoms with Crippen LogP contribution in [0.4, 0.5) is 5.82 Å². The average Bonchev–Trinajstić information content (AvgIpc) is 3.28. The highest BCUT2D eigenvalue weighted by molar-refractivity contribution is 5.71. The largest absolute Gasteiger partial charge is 0.467 e. The Morgan fingerprint density at radius 1 is 1.17 bits per heavy atom. The van der Waals surface area contributed by atoms with E-state index in [1.54, 1.807) is 18.7 Å². The van der Waals surface area contributed by atoms with Gasteiger partial charge in [0, 0.05) is 25.5 Å². The summed E-state index contributed by atoms with van der Waals surface area (Å²) in [5.74, 6) is 1.77. The molecule has 118 valence electrons. The molecule has 0 radical (unpaired) electrons. The number of nitrogens with zero attached hydrogens (tertiary/aromatic N) is 4. The van der Waals surface area contributed by atoms with E-state index in [1.165, 1.54) is 0 Å². The molecule has 23 heavy (non-hydrogen) atoms. The van der Waals surface area contributed by atoms with E-state index >= 15 is 0 Å². The quantitative estimate of drug-likeness (QED) is 0.722. The van der Waals surface area contributed by atoms with Gasteiger partial charge in [-0.25, -0.2) is 9.97 Å². The lowest BCUT2D eigenvalue weighted by Crippen LogP contribution is -2.32. The predicted molar refractivity (Wildman–Crippen MR) is 86.1 cm³/mol. The summed E-state index contributed by atoms with van der Waals surface area (Å²) < 4.78 is 11.3. The first-order valence-electron chi connectivity index (χ1n) is 7.85. The molecule has 1 atom stereocenters. The van der Waals surface area contributed by atoms with Gasteiger partial charge in [0.25, 0.3) is 0 Å². The zero-order valence-corrected chi connectivity index (χ0v) is 12.8. The fourth-order valence-electron chi connectivity index (χ4n) is 2.88. The van der Waals surface area contributed by atoms with Gasteiger partial charge in [0.2, 0.25) is 0 Å². The minimum absolute atomic E-state index is 0.240. The molecule has 0 aromatic carbocycles. The van der Waals surface area contributed by atoms with E-state index in [1.807, 2.05) is 24.3 Å². The first-order chi connectivity index (χ1) is 11.4. The van der Waals surface area contributed by atoms with Gasteiger partial charge in [-0.15, -0.1) is 0 Å². The highest BCUT2D eigenvalue weighted by atomic mass is 16.5. The van der Waals surface area contributed by atoms with Gasteiger partial charge in [-0.2, -0.15) is 0 Å². The Hall–Kier alpha value is -2.47. The van der Waals surface area contributed by atoms with Gasteiger partial charge in [0.1, 0.15) is 17.1 Å². The van der Waals surface area contributed by atoms with Crippen molar-refractivity contribution in [3.8, 4) is 0 Å². The maximum atomic E-state index is 5.78. The third kappa shape index (κ3) is 3.17. The van der Waals surface area contributed by atoms with Crippen LogP contribution in [-0.4, -0.2) is 34.2 Å². The van der Waals surface area contributed by atoms with Crippen molar-refractivity contribution in [1.29, 1.82) is 0 Å². The van der Waals surface area contributed by atoms with Crippen molar-refractivity contribution in [3.05, 3.63) is 48.7 Å². The summed E-state index contributed by atoms with van der Waals surface area (Å²) in [6.07, 6.45) is 7.48. The molecule has 3 aromatic rings. The minimum atomic E-state index is 0.240. The van der Waals surface area contributed by atoms with Crippen LogP contribution in [0.5, 0.6) is 0 Å². The van der Waals surface area contributed by atoms with Gasteiger partial charge in [0.15, 0.2) is 5.65 Å². The van der Waals surface area contributed by atoms with Gasteiger partial charge in [-0.3, -0.25) is 4.98 Å². The number of hydrogen-bond acceptors (Lipinski definition) is 6. The van der Waals surface area contributed by atoms with E-state index in [0.29, 0.717) is 12.2 Å². The number of furan rings is 1. The van der Waals surface area contributed by atoms with Crippen molar-refractivity contribution < 1.29 is 9.15 Å². The summed E-state index contributed by atoms with van der Waals surface area (Å²) in [5, 5.41) is 0. The second-order valence-corrected chi connectivity index (χ2v) is 5.66. The first kappa shape index (κ1) is 14.1. The molecular weight excluding hydrogens is 292 g/mol. The van der Waals surface area contributed by atoms with Gasteiger partial charge in [-0.05, 0) is 37.1 Å².